The molecule has 4 nitrogen and oxygen atoms in total. The Hall–Kier alpha value is -0.900. The van der Waals surface area contributed by atoms with Gasteiger partial charge in [-0.05, 0) is 13.0 Å². The summed E-state index contributed by atoms with van der Waals surface area (Å²) in [5.41, 5.74) is 1.00. The number of aryl methyl sites for hydroxylation is 1. The molecule has 0 saturated carbocycles. The molecule has 0 spiro atoms. The molecule has 1 heterocycles. The third-order valence-corrected chi connectivity index (χ3v) is 1.38. The van der Waals surface area contributed by atoms with Crippen molar-refractivity contribution in [3.8, 4) is 0 Å². The molecule has 90 valence electrons. The van der Waals surface area contributed by atoms with E-state index in [0.717, 1.165) is 25.2 Å². The van der Waals surface area contributed by atoms with Crippen LogP contribution < -0.4 is 5.32 Å². The fraction of sp³-hybridized carbons (Fsp3) is 0.818. The molecular formula is C11H26N4. The van der Waals surface area contributed by atoms with Crippen LogP contribution in [0, 0.1) is 0 Å². The first kappa shape index (κ1) is 16.5. The van der Waals surface area contributed by atoms with Crippen LogP contribution in [0.15, 0.2) is 6.20 Å². The van der Waals surface area contributed by atoms with Crippen LogP contribution in [0.3, 0.4) is 0 Å². The van der Waals surface area contributed by atoms with Crippen LogP contribution in [0.5, 0.6) is 0 Å². The van der Waals surface area contributed by atoms with Gasteiger partial charge in [0, 0.05) is 13.6 Å². The van der Waals surface area contributed by atoms with Crippen molar-refractivity contribution in [2.24, 2.45) is 7.05 Å². The van der Waals surface area contributed by atoms with E-state index in [4.69, 9.17) is 0 Å². The molecule has 0 aromatic carbocycles. The van der Waals surface area contributed by atoms with Gasteiger partial charge >= 0.3 is 0 Å². The predicted octanol–water partition coefficient (Wildman–Crippen LogP) is 2.37. The number of aromatic nitrogens is 3. The second kappa shape index (κ2) is 13.1. The number of hydrogen-bond acceptors (Lipinski definition) is 3. The summed E-state index contributed by atoms with van der Waals surface area (Å²) in [6.45, 7) is 12.0. The minimum Gasteiger partial charge on any atom is -0.311 e. The van der Waals surface area contributed by atoms with E-state index in [-0.39, 0.29) is 0 Å². The molecule has 0 saturated heterocycles. The quantitative estimate of drug-likeness (QED) is 0.782. The zero-order valence-corrected chi connectivity index (χ0v) is 11.0. The molecule has 0 radical (unpaired) electrons. The van der Waals surface area contributed by atoms with Gasteiger partial charge in [0.25, 0.3) is 0 Å². The predicted molar refractivity (Wildman–Crippen MR) is 65.7 cm³/mol. The van der Waals surface area contributed by atoms with Crippen LogP contribution in [0.1, 0.15) is 46.7 Å². The van der Waals surface area contributed by atoms with Crippen molar-refractivity contribution in [3.05, 3.63) is 11.9 Å². The normalized spacial score (nSPS) is 8.40. The van der Waals surface area contributed by atoms with Crippen LogP contribution in [-0.4, -0.2) is 21.5 Å². The third kappa shape index (κ3) is 9.41. The Bertz CT molecular complexity index is 208. The van der Waals surface area contributed by atoms with Crippen molar-refractivity contribution in [1.82, 2.24) is 20.3 Å². The molecule has 0 amide bonds. The summed E-state index contributed by atoms with van der Waals surface area (Å²) in [4.78, 5) is 1.57. The minimum atomic E-state index is 0.821. The second-order valence-corrected chi connectivity index (χ2v) is 2.50. The maximum Gasteiger partial charge on any atom is 0.0964 e. The van der Waals surface area contributed by atoms with Gasteiger partial charge in [0.15, 0.2) is 0 Å². The van der Waals surface area contributed by atoms with E-state index in [9.17, 15) is 0 Å². The van der Waals surface area contributed by atoms with Crippen LogP contribution in [-0.2, 0) is 13.6 Å². The maximum absolute atomic E-state index is 4.13. The Morgan fingerprint density at radius 2 is 1.87 bits per heavy atom. The van der Waals surface area contributed by atoms with Crippen molar-refractivity contribution in [2.45, 2.75) is 47.6 Å². The highest BCUT2D eigenvalue weighted by atomic mass is 15.4. The topological polar surface area (TPSA) is 42.7 Å². The van der Waals surface area contributed by atoms with E-state index in [0.29, 0.717) is 0 Å². The van der Waals surface area contributed by atoms with Gasteiger partial charge in [0.1, 0.15) is 0 Å². The molecule has 0 aliphatic rings. The van der Waals surface area contributed by atoms with Gasteiger partial charge in [-0.3, -0.25) is 0 Å². The van der Waals surface area contributed by atoms with Gasteiger partial charge in [0.05, 0.1) is 11.9 Å². The van der Waals surface area contributed by atoms with E-state index in [1.165, 1.54) is 0 Å². The summed E-state index contributed by atoms with van der Waals surface area (Å²) in [5, 5.41) is 11.3. The average molecular weight is 214 g/mol. The summed E-state index contributed by atoms with van der Waals surface area (Å²) in [5.74, 6) is 0. The smallest absolute Gasteiger partial charge is 0.0964 e. The van der Waals surface area contributed by atoms with Gasteiger partial charge in [-0.25, -0.2) is 0 Å². The van der Waals surface area contributed by atoms with Gasteiger partial charge in [-0.15, -0.1) is 0 Å². The largest absolute Gasteiger partial charge is 0.311 e. The summed E-state index contributed by atoms with van der Waals surface area (Å²) < 4.78 is 0. The summed E-state index contributed by atoms with van der Waals surface area (Å²) in [6, 6.07) is 0. The summed E-state index contributed by atoms with van der Waals surface area (Å²) in [6.07, 6.45) is 2.93. The van der Waals surface area contributed by atoms with E-state index in [1.807, 2.05) is 34.7 Å². The number of nitrogens with zero attached hydrogens (tertiary/aromatic N) is 3. The highest BCUT2D eigenvalue weighted by Gasteiger charge is 1.94. The molecule has 1 rings (SSSR count). The average Bonchev–Trinajstić information content (AvgIpc) is 2.71. The first-order valence-electron chi connectivity index (χ1n) is 5.89. The van der Waals surface area contributed by atoms with Gasteiger partial charge in [-0.2, -0.15) is 15.0 Å². The standard InChI is InChI=1S/C7H14N4.2C2H6/c1-3-4-8-5-7-6-9-11(2)10-7;2*1-2/h6,8H,3-5H2,1-2H3;2*1-2H3. The van der Waals surface area contributed by atoms with Gasteiger partial charge in [0.2, 0.25) is 0 Å². The molecule has 1 aromatic heterocycles. The molecule has 0 atom stereocenters. The lowest BCUT2D eigenvalue weighted by Gasteiger charge is -1.96. The number of nitrogens with one attached hydrogen (secondary N) is 1. The van der Waals surface area contributed by atoms with Gasteiger partial charge < -0.3 is 5.32 Å². The molecule has 0 unspecified atom stereocenters. The Kier molecular flexibility index (Phi) is 14.4. The highest BCUT2D eigenvalue weighted by Crippen LogP contribution is 1.88. The summed E-state index contributed by atoms with van der Waals surface area (Å²) >= 11 is 0. The Balaban J connectivity index is 0. The van der Waals surface area contributed by atoms with E-state index in [1.54, 1.807) is 11.0 Å². The van der Waals surface area contributed by atoms with Crippen molar-refractivity contribution in [2.75, 3.05) is 6.54 Å². The zero-order chi connectivity index (χ0) is 12.1. The first-order valence-corrected chi connectivity index (χ1v) is 5.89. The highest BCUT2D eigenvalue weighted by molar-refractivity contribution is 4.89. The number of rotatable bonds is 4. The molecule has 15 heavy (non-hydrogen) atoms. The van der Waals surface area contributed by atoms with Crippen LogP contribution in [0.2, 0.25) is 0 Å². The van der Waals surface area contributed by atoms with Crippen molar-refractivity contribution in [3.63, 3.8) is 0 Å². The fourth-order valence-corrected chi connectivity index (χ4v) is 0.862. The lowest BCUT2D eigenvalue weighted by molar-refractivity contribution is 0.620. The fourth-order valence-electron chi connectivity index (χ4n) is 0.862. The maximum atomic E-state index is 4.13. The SMILES string of the molecule is CC.CC.CCCNCc1cnn(C)n1. The molecule has 1 N–H and O–H groups in total. The van der Waals surface area contributed by atoms with Crippen LogP contribution in [0.25, 0.3) is 0 Å². The Morgan fingerprint density at radius 3 is 2.27 bits per heavy atom. The van der Waals surface area contributed by atoms with E-state index >= 15 is 0 Å². The monoisotopic (exact) mass is 214 g/mol. The van der Waals surface area contributed by atoms with E-state index < -0.39 is 0 Å². The van der Waals surface area contributed by atoms with Gasteiger partial charge in [-0.1, -0.05) is 34.6 Å². The van der Waals surface area contributed by atoms with Crippen molar-refractivity contribution < 1.29 is 0 Å². The zero-order valence-electron chi connectivity index (χ0n) is 11.0. The second-order valence-electron chi connectivity index (χ2n) is 2.50. The van der Waals surface area contributed by atoms with Crippen molar-refractivity contribution >= 4 is 0 Å². The third-order valence-electron chi connectivity index (χ3n) is 1.38. The van der Waals surface area contributed by atoms with Crippen molar-refractivity contribution in [1.29, 1.82) is 0 Å². The lowest BCUT2D eigenvalue weighted by atomic mass is 10.4. The molecule has 0 aliphatic heterocycles. The van der Waals surface area contributed by atoms with Crippen LogP contribution in [0.4, 0.5) is 0 Å². The Labute approximate surface area is 94.1 Å². The first-order chi connectivity index (χ1) is 7.33. The molecule has 0 bridgehead atoms. The summed E-state index contributed by atoms with van der Waals surface area (Å²) in [7, 11) is 1.82. The minimum absolute atomic E-state index is 0.821. The molecule has 1 aromatic rings. The molecule has 0 aliphatic carbocycles. The molecular weight excluding hydrogens is 188 g/mol. The molecule has 4 heteroatoms. The van der Waals surface area contributed by atoms with E-state index in [2.05, 4.69) is 22.4 Å². The van der Waals surface area contributed by atoms with Crippen LogP contribution >= 0.6 is 0 Å². The lowest BCUT2D eigenvalue weighted by Crippen LogP contribution is -2.14. The molecule has 0 fully saturated rings. The Morgan fingerprint density at radius 1 is 1.27 bits per heavy atom. The number of hydrogen-bond donors (Lipinski definition) is 1.